The van der Waals surface area contributed by atoms with E-state index in [0.29, 0.717) is 18.2 Å². The fourth-order valence-electron chi connectivity index (χ4n) is 1.83. The van der Waals surface area contributed by atoms with E-state index in [0.717, 1.165) is 18.4 Å². The number of carbonyl (C=O) groups is 1. The van der Waals surface area contributed by atoms with E-state index in [1.54, 1.807) is 42.5 Å². The van der Waals surface area contributed by atoms with Gasteiger partial charge in [0.15, 0.2) is 5.57 Å². The van der Waals surface area contributed by atoms with Crippen LogP contribution < -0.4 is 10.6 Å². The summed E-state index contributed by atoms with van der Waals surface area (Å²) in [6, 6.07) is 12.4. The van der Waals surface area contributed by atoms with Gasteiger partial charge in [-0.3, -0.25) is 4.79 Å². The van der Waals surface area contributed by atoms with Crippen LogP contribution in [0.4, 0.5) is 5.69 Å². The highest BCUT2D eigenvalue weighted by molar-refractivity contribution is 5.79. The lowest BCUT2D eigenvalue weighted by Crippen LogP contribution is -2.26. The van der Waals surface area contributed by atoms with E-state index in [4.69, 9.17) is 15.8 Å². The Hall–Kier alpha value is -3.30. The molecule has 1 aliphatic rings. The van der Waals surface area contributed by atoms with E-state index in [1.165, 1.54) is 0 Å². The highest BCUT2D eigenvalue weighted by atomic mass is 16.1. The zero-order chi connectivity index (χ0) is 15.9. The summed E-state index contributed by atoms with van der Waals surface area (Å²) in [6.45, 7) is 0. The van der Waals surface area contributed by atoms with Gasteiger partial charge in [-0.2, -0.15) is 15.8 Å². The molecule has 1 fully saturated rings. The predicted molar refractivity (Wildman–Crippen MR) is 78.8 cm³/mol. The summed E-state index contributed by atoms with van der Waals surface area (Å²) < 4.78 is 0. The number of nitrogens with zero attached hydrogens (tertiary/aromatic N) is 3. The molecule has 0 heterocycles. The number of allylic oxidation sites excluding steroid dienone is 2. The maximum Gasteiger partial charge on any atom is 0.224 e. The molecule has 0 bridgehead atoms. The van der Waals surface area contributed by atoms with Crippen molar-refractivity contribution >= 4 is 11.6 Å². The Morgan fingerprint density at radius 2 is 1.73 bits per heavy atom. The van der Waals surface area contributed by atoms with Gasteiger partial charge < -0.3 is 10.6 Å². The number of hydrogen-bond acceptors (Lipinski definition) is 5. The molecule has 1 aliphatic carbocycles. The molecule has 6 nitrogen and oxygen atoms in total. The third kappa shape index (κ3) is 4.10. The third-order valence-corrected chi connectivity index (χ3v) is 3.12. The van der Waals surface area contributed by atoms with Gasteiger partial charge >= 0.3 is 0 Å². The number of rotatable bonds is 5. The van der Waals surface area contributed by atoms with Gasteiger partial charge in [-0.25, -0.2) is 0 Å². The lowest BCUT2D eigenvalue weighted by Gasteiger charge is -2.07. The maximum absolute atomic E-state index is 11.7. The summed E-state index contributed by atoms with van der Waals surface area (Å²) in [5, 5.41) is 32.1. The Morgan fingerprint density at radius 1 is 1.09 bits per heavy atom. The fraction of sp³-hybridized carbons (Fsp3) is 0.250. The molecule has 0 aliphatic heterocycles. The second kappa shape index (κ2) is 6.92. The SMILES string of the molecule is N#CC(C#N)=C(C#N)Nc1ccc(CC(=O)NC2CC2)cc1. The molecule has 1 aromatic rings. The largest absolute Gasteiger partial charge is 0.353 e. The Labute approximate surface area is 128 Å². The first-order chi connectivity index (χ1) is 10.7. The molecule has 22 heavy (non-hydrogen) atoms. The third-order valence-electron chi connectivity index (χ3n) is 3.12. The number of nitrogens with one attached hydrogen (secondary N) is 2. The van der Waals surface area contributed by atoms with E-state index in [9.17, 15) is 4.79 Å². The van der Waals surface area contributed by atoms with E-state index in [1.807, 2.05) is 0 Å². The predicted octanol–water partition coefficient (Wildman–Crippen LogP) is 1.74. The normalized spacial score (nSPS) is 12.2. The molecule has 6 heteroatoms. The summed E-state index contributed by atoms with van der Waals surface area (Å²) in [6.07, 6.45) is 2.41. The fourth-order valence-corrected chi connectivity index (χ4v) is 1.83. The van der Waals surface area contributed by atoms with Gasteiger partial charge in [0.2, 0.25) is 5.91 Å². The van der Waals surface area contributed by atoms with E-state index >= 15 is 0 Å². The van der Waals surface area contributed by atoms with Crippen molar-refractivity contribution in [3.05, 3.63) is 41.1 Å². The van der Waals surface area contributed by atoms with E-state index < -0.39 is 0 Å². The number of nitriles is 3. The second-order valence-corrected chi connectivity index (χ2v) is 4.93. The number of hydrogen-bond donors (Lipinski definition) is 2. The quantitative estimate of drug-likeness (QED) is 0.802. The molecule has 0 aromatic heterocycles. The lowest BCUT2D eigenvalue weighted by molar-refractivity contribution is -0.120. The monoisotopic (exact) mass is 291 g/mol. The molecular weight excluding hydrogens is 278 g/mol. The summed E-state index contributed by atoms with van der Waals surface area (Å²) in [7, 11) is 0. The van der Waals surface area contributed by atoms with Gasteiger partial charge in [-0.05, 0) is 30.5 Å². The van der Waals surface area contributed by atoms with Crippen molar-refractivity contribution in [2.45, 2.75) is 25.3 Å². The van der Waals surface area contributed by atoms with Crippen LogP contribution in [0.3, 0.4) is 0 Å². The molecule has 0 saturated heterocycles. The Kier molecular flexibility index (Phi) is 4.75. The van der Waals surface area contributed by atoms with Crippen LogP contribution in [0.5, 0.6) is 0 Å². The molecule has 0 radical (unpaired) electrons. The van der Waals surface area contributed by atoms with Crippen LogP contribution in [0.2, 0.25) is 0 Å². The van der Waals surface area contributed by atoms with Crippen LogP contribution >= 0.6 is 0 Å². The average Bonchev–Trinajstić information content (AvgIpc) is 3.33. The summed E-state index contributed by atoms with van der Waals surface area (Å²) in [5.74, 6) is -0.00272. The molecule has 1 saturated carbocycles. The van der Waals surface area contributed by atoms with Crippen LogP contribution in [0.15, 0.2) is 35.5 Å². The minimum Gasteiger partial charge on any atom is -0.353 e. The molecule has 1 amide bonds. The van der Waals surface area contributed by atoms with Gasteiger partial charge in [-0.15, -0.1) is 0 Å². The Morgan fingerprint density at radius 3 is 2.23 bits per heavy atom. The second-order valence-electron chi connectivity index (χ2n) is 4.93. The number of anilines is 1. The number of carbonyl (C=O) groups excluding carboxylic acids is 1. The zero-order valence-corrected chi connectivity index (χ0v) is 11.8. The van der Waals surface area contributed by atoms with Gasteiger partial charge in [0.1, 0.15) is 23.9 Å². The van der Waals surface area contributed by atoms with Crippen LogP contribution in [-0.2, 0) is 11.2 Å². The first-order valence-corrected chi connectivity index (χ1v) is 6.76. The van der Waals surface area contributed by atoms with Crippen molar-refractivity contribution in [2.24, 2.45) is 0 Å². The first kappa shape index (κ1) is 15.1. The topological polar surface area (TPSA) is 112 Å². The van der Waals surface area contributed by atoms with Gasteiger partial charge in [-0.1, -0.05) is 12.1 Å². The van der Waals surface area contributed by atoms with Crippen LogP contribution in [0.25, 0.3) is 0 Å². The molecule has 0 unspecified atom stereocenters. The first-order valence-electron chi connectivity index (χ1n) is 6.76. The minimum atomic E-state index is -0.268. The highest BCUT2D eigenvalue weighted by Crippen LogP contribution is 2.19. The maximum atomic E-state index is 11.7. The molecule has 2 N–H and O–H groups in total. The summed E-state index contributed by atoms with van der Waals surface area (Å²) >= 11 is 0. The molecule has 2 rings (SSSR count). The van der Waals surface area contributed by atoms with Crippen LogP contribution in [-0.4, -0.2) is 11.9 Å². The molecule has 0 spiro atoms. The van der Waals surface area contributed by atoms with Gasteiger partial charge in [0.05, 0.1) is 6.42 Å². The molecule has 0 atom stereocenters. The summed E-state index contributed by atoms with van der Waals surface area (Å²) in [4.78, 5) is 11.7. The van der Waals surface area contributed by atoms with Crippen molar-refractivity contribution < 1.29 is 4.79 Å². The number of benzene rings is 1. The van der Waals surface area contributed by atoms with Crippen molar-refractivity contribution in [3.8, 4) is 18.2 Å². The van der Waals surface area contributed by atoms with E-state index in [2.05, 4.69) is 10.6 Å². The van der Waals surface area contributed by atoms with Crippen LogP contribution in [0, 0.1) is 34.0 Å². The van der Waals surface area contributed by atoms with Gasteiger partial charge in [0.25, 0.3) is 0 Å². The lowest BCUT2D eigenvalue weighted by atomic mass is 10.1. The smallest absolute Gasteiger partial charge is 0.224 e. The van der Waals surface area contributed by atoms with Crippen molar-refractivity contribution in [3.63, 3.8) is 0 Å². The molecular formula is C16H13N5O. The molecule has 1 aromatic carbocycles. The van der Waals surface area contributed by atoms with Gasteiger partial charge in [0, 0.05) is 11.7 Å². The van der Waals surface area contributed by atoms with Crippen molar-refractivity contribution in [1.29, 1.82) is 15.8 Å². The van der Waals surface area contributed by atoms with Crippen LogP contribution in [0.1, 0.15) is 18.4 Å². The summed E-state index contributed by atoms with van der Waals surface area (Å²) in [5.41, 5.74) is 1.07. The van der Waals surface area contributed by atoms with Crippen molar-refractivity contribution in [1.82, 2.24) is 5.32 Å². The standard InChI is InChI=1S/C16H13N5O/c17-8-12(9-18)15(10-19)20-13-3-1-11(2-4-13)7-16(22)21-14-5-6-14/h1-4,14,20H,5-7H2,(H,21,22). The minimum absolute atomic E-state index is 0.00272. The van der Waals surface area contributed by atoms with E-state index in [-0.39, 0.29) is 17.2 Å². The number of amides is 1. The Bertz CT molecular complexity index is 708. The highest BCUT2D eigenvalue weighted by Gasteiger charge is 2.22. The zero-order valence-electron chi connectivity index (χ0n) is 11.8. The Balaban J connectivity index is 2.01. The average molecular weight is 291 g/mol. The molecule has 108 valence electrons. The van der Waals surface area contributed by atoms with Crippen molar-refractivity contribution in [2.75, 3.05) is 5.32 Å².